The van der Waals surface area contributed by atoms with E-state index >= 15 is 0 Å². The van der Waals surface area contributed by atoms with E-state index in [1.165, 1.54) is 6.07 Å². The first-order valence-corrected chi connectivity index (χ1v) is 16.1. The molecule has 8 heteroatoms. The fourth-order valence-corrected chi connectivity index (χ4v) is 11.1. The van der Waals surface area contributed by atoms with Gasteiger partial charge in [-0.15, -0.1) is 0 Å². The number of halogens is 2. The van der Waals surface area contributed by atoms with E-state index in [1.807, 2.05) is 0 Å². The number of carbonyl (C=O) groups excluding carboxylic acids is 2. The summed E-state index contributed by atoms with van der Waals surface area (Å²) in [6.07, 6.45) is 12.6. The molecule has 3 saturated carbocycles. The predicted octanol–water partition coefficient (Wildman–Crippen LogP) is 4.94. The third-order valence-electron chi connectivity index (χ3n) is 13.6. The van der Waals surface area contributed by atoms with Crippen molar-refractivity contribution in [2.45, 2.75) is 83.3 Å². The van der Waals surface area contributed by atoms with Crippen LogP contribution in [0.5, 0.6) is 0 Å². The highest BCUT2D eigenvalue weighted by Crippen LogP contribution is 2.78. The van der Waals surface area contributed by atoms with Crippen molar-refractivity contribution >= 4 is 11.7 Å². The Bertz CT molecular complexity index is 1440. The van der Waals surface area contributed by atoms with Gasteiger partial charge in [-0.2, -0.15) is 0 Å². The Balaban J connectivity index is 1.30. The topological polar surface area (TPSA) is 104 Å². The molecular weight excluding hydrogens is 550 g/mol. The average molecular weight is 595 g/mol. The van der Waals surface area contributed by atoms with Crippen molar-refractivity contribution in [2.75, 3.05) is 19.6 Å². The van der Waals surface area contributed by atoms with Crippen molar-refractivity contribution in [2.24, 2.45) is 45.1 Å². The Morgan fingerprint density at radius 1 is 0.953 bits per heavy atom. The number of primary amides is 1. The minimum Gasteiger partial charge on any atom is -0.393 e. The number of carbonyl (C=O) groups is 2. The van der Waals surface area contributed by atoms with E-state index in [0.29, 0.717) is 57.3 Å². The third kappa shape index (κ3) is 3.84. The largest absolute Gasteiger partial charge is 0.393 e. The Hall–Kier alpha value is -2.42. The lowest BCUT2D eigenvalue weighted by Crippen LogP contribution is -2.67. The normalized spacial score (nSPS) is 44.0. The summed E-state index contributed by atoms with van der Waals surface area (Å²) >= 11 is 0. The number of nitrogens with zero attached hydrogens (tertiary/aromatic N) is 1. The molecule has 1 amide bonds. The number of hydrogen-bond donors (Lipinski definition) is 3. The van der Waals surface area contributed by atoms with Gasteiger partial charge in [0.05, 0.1) is 11.7 Å². The van der Waals surface area contributed by atoms with Crippen molar-refractivity contribution < 1.29 is 28.6 Å². The monoisotopic (exact) mass is 594 g/mol. The van der Waals surface area contributed by atoms with E-state index < -0.39 is 39.6 Å². The summed E-state index contributed by atoms with van der Waals surface area (Å²) in [5.41, 5.74) is 3.55. The van der Waals surface area contributed by atoms with Crippen molar-refractivity contribution in [3.8, 4) is 0 Å². The van der Waals surface area contributed by atoms with Crippen LogP contribution in [0, 0.1) is 51.0 Å². The Kier molecular flexibility index (Phi) is 6.50. The Morgan fingerprint density at radius 2 is 1.63 bits per heavy atom. The number of allylic oxidation sites excluding steroid dienone is 4. The number of rotatable bonds is 5. The highest BCUT2D eigenvalue weighted by molar-refractivity contribution is 6.10. The molecule has 8 atom stereocenters. The number of aliphatic hydroxyl groups is 2. The van der Waals surface area contributed by atoms with E-state index in [-0.39, 0.29) is 40.4 Å². The number of benzene rings is 1. The zero-order valence-corrected chi connectivity index (χ0v) is 25.3. The van der Waals surface area contributed by atoms with Crippen LogP contribution in [-0.2, 0) is 4.79 Å². The first-order valence-electron chi connectivity index (χ1n) is 16.1. The molecular formula is C35H44F2N2O4. The quantitative estimate of drug-likeness (QED) is 0.331. The van der Waals surface area contributed by atoms with Crippen LogP contribution >= 0.6 is 0 Å². The van der Waals surface area contributed by atoms with Crippen LogP contribution in [0.25, 0.3) is 0 Å². The molecule has 2 bridgehead atoms. The van der Waals surface area contributed by atoms with Crippen molar-refractivity contribution in [3.63, 3.8) is 0 Å². The first-order chi connectivity index (χ1) is 20.3. The van der Waals surface area contributed by atoms with Gasteiger partial charge in [0.1, 0.15) is 0 Å². The van der Waals surface area contributed by atoms with E-state index in [0.717, 1.165) is 37.8 Å². The summed E-state index contributed by atoms with van der Waals surface area (Å²) in [4.78, 5) is 28.5. The maximum absolute atomic E-state index is 14.5. The number of aliphatic hydroxyl groups excluding tert-OH is 1. The molecule has 0 aromatic heterocycles. The van der Waals surface area contributed by atoms with Gasteiger partial charge in [-0.05, 0) is 106 Å². The van der Waals surface area contributed by atoms with Gasteiger partial charge in [0, 0.05) is 39.8 Å². The third-order valence-corrected chi connectivity index (χ3v) is 13.6. The lowest BCUT2D eigenvalue weighted by molar-refractivity contribution is -0.177. The van der Waals surface area contributed by atoms with Crippen molar-refractivity contribution in [3.05, 3.63) is 59.2 Å². The van der Waals surface area contributed by atoms with E-state index in [1.54, 1.807) is 0 Å². The summed E-state index contributed by atoms with van der Waals surface area (Å²) < 4.78 is 28.3. The Morgan fingerprint density at radius 3 is 2.33 bits per heavy atom. The second-order valence-corrected chi connectivity index (χ2v) is 15.2. The van der Waals surface area contributed by atoms with Crippen LogP contribution in [0.2, 0.25) is 0 Å². The molecule has 4 unspecified atom stereocenters. The van der Waals surface area contributed by atoms with Crippen LogP contribution in [0.4, 0.5) is 8.78 Å². The van der Waals surface area contributed by atoms with Crippen LogP contribution in [-0.4, -0.2) is 58.1 Å². The highest BCUT2D eigenvalue weighted by atomic mass is 19.2. The highest BCUT2D eigenvalue weighted by Gasteiger charge is 2.74. The number of likely N-dealkylation sites (tertiary alicyclic amines) is 1. The second kappa shape index (κ2) is 9.54. The van der Waals surface area contributed by atoms with Gasteiger partial charge in [0.25, 0.3) is 0 Å². The molecule has 1 saturated heterocycles. The van der Waals surface area contributed by atoms with Gasteiger partial charge in [-0.25, -0.2) is 8.78 Å². The van der Waals surface area contributed by atoms with E-state index in [4.69, 9.17) is 5.73 Å². The number of amides is 1. The SMILES string of the molecule is C[C@]12CCC3C4(C=CC5(C=C4C(=O)c4ccc(F)c(F)c4)C[C@@H](O)CC[C@]35C)C1CC[C@@]2(O)CN1CCC(C(N)=O)CC1. The number of Topliss-reactive ketones (excluding diaryl/α,β-unsaturated/α-hetero) is 1. The van der Waals surface area contributed by atoms with Gasteiger partial charge in [0.15, 0.2) is 17.4 Å². The predicted molar refractivity (Wildman–Crippen MR) is 158 cm³/mol. The van der Waals surface area contributed by atoms with Gasteiger partial charge in [0.2, 0.25) is 5.91 Å². The molecule has 7 aliphatic rings. The number of hydrogen-bond acceptors (Lipinski definition) is 5. The number of β-amino-alcohol motifs (C(OH)–C–C–N with tert-alkyl or cyclic N) is 1. The molecule has 1 aromatic carbocycles. The number of ketones is 1. The van der Waals surface area contributed by atoms with Crippen molar-refractivity contribution in [1.82, 2.24) is 4.90 Å². The molecule has 1 aliphatic heterocycles. The standard InChI is InChI=1S/C35H44F2N2O4/c1-31-10-5-23(40)18-33(31)13-14-35(24(19-33)29(41)22-3-4-25(36)26(37)17-22)27(31)6-11-32(2)28(35)7-12-34(32,43)20-39-15-8-21(9-16-39)30(38)42/h3-4,13-14,17,19,21,23,27-28,40,43H,5-12,15-16,18,20H2,1-2H3,(H2,38,42)/t23-,27?,28?,31+,32-,33?,34+,35?/m0/s1. The van der Waals surface area contributed by atoms with E-state index in [9.17, 15) is 28.6 Å². The van der Waals surface area contributed by atoms with Gasteiger partial charge in [-0.1, -0.05) is 32.1 Å². The number of fused-ring (bicyclic) bond motifs is 1. The van der Waals surface area contributed by atoms with Gasteiger partial charge in [-0.3, -0.25) is 9.59 Å². The van der Waals surface area contributed by atoms with Crippen LogP contribution in [0.15, 0.2) is 42.0 Å². The smallest absolute Gasteiger partial charge is 0.220 e. The molecule has 4 N–H and O–H groups in total. The molecule has 6 aliphatic carbocycles. The maximum atomic E-state index is 14.5. The zero-order chi connectivity index (χ0) is 30.6. The average Bonchev–Trinajstić information content (AvgIpc) is 3.24. The number of piperidine rings is 1. The van der Waals surface area contributed by atoms with Crippen molar-refractivity contribution in [1.29, 1.82) is 0 Å². The molecule has 4 fully saturated rings. The maximum Gasteiger partial charge on any atom is 0.220 e. The summed E-state index contributed by atoms with van der Waals surface area (Å²) in [6, 6.07) is 3.39. The molecule has 6 nitrogen and oxygen atoms in total. The van der Waals surface area contributed by atoms with Crippen LogP contribution < -0.4 is 5.73 Å². The minimum atomic E-state index is -1.04. The van der Waals surface area contributed by atoms with Crippen LogP contribution in [0.1, 0.15) is 82.0 Å². The molecule has 43 heavy (non-hydrogen) atoms. The second-order valence-electron chi connectivity index (χ2n) is 15.2. The first kappa shape index (κ1) is 29.3. The lowest BCUT2D eigenvalue weighted by atomic mass is 9.32. The molecule has 8 rings (SSSR count). The summed E-state index contributed by atoms with van der Waals surface area (Å²) in [6.45, 7) is 6.46. The zero-order valence-electron chi connectivity index (χ0n) is 25.3. The summed E-state index contributed by atoms with van der Waals surface area (Å²) in [5, 5.41) is 23.4. The summed E-state index contributed by atoms with van der Waals surface area (Å²) in [5.74, 6) is -2.59. The molecule has 0 radical (unpaired) electrons. The molecule has 1 aromatic rings. The molecule has 1 heterocycles. The Labute approximate surface area is 252 Å². The molecule has 232 valence electrons. The fraction of sp³-hybridized carbons (Fsp3) is 0.657. The van der Waals surface area contributed by atoms with Crippen LogP contribution in [0.3, 0.4) is 0 Å². The number of nitrogens with two attached hydrogens (primary N) is 1. The fourth-order valence-electron chi connectivity index (χ4n) is 11.1. The van der Waals surface area contributed by atoms with E-state index in [2.05, 4.69) is 37.0 Å². The lowest BCUT2D eigenvalue weighted by Gasteiger charge is -2.71. The molecule has 2 spiro atoms. The van der Waals surface area contributed by atoms with Gasteiger partial charge >= 0.3 is 0 Å². The minimum absolute atomic E-state index is 0.0226. The summed E-state index contributed by atoms with van der Waals surface area (Å²) in [7, 11) is 0. The van der Waals surface area contributed by atoms with Gasteiger partial charge < -0.3 is 20.8 Å².